The summed E-state index contributed by atoms with van der Waals surface area (Å²) in [6.45, 7) is 3.18. The number of hydrogen-bond acceptors (Lipinski definition) is 9. The lowest BCUT2D eigenvalue weighted by Gasteiger charge is -2.07. The number of rotatable bonds is 0. The number of esters is 2. The van der Waals surface area contributed by atoms with Crippen molar-refractivity contribution in [2.24, 2.45) is 0 Å². The first-order valence-corrected chi connectivity index (χ1v) is 7.49. The molecule has 0 aliphatic carbocycles. The Bertz CT molecular complexity index is 291. The average Bonchev–Trinajstić information content (AvgIpc) is 2.53. The smallest absolute Gasteiger partial charge is 0.339 e. The molecule has 1 aliphatic heterocycles. The van der Waals surface area contributed by atoms with Crippen molar-refractivity contribution in [1.29, 1.82) is 0 Å². The zero-order valence-electron chi connectivity index (χ0n) is 13.2. The molecule has 1 saturated heterocycles. The van der Waals surface area contributed by atoms with Gasteiger partial charge in [-0.1, -0.05) is 0 Å². The van der Waals surface area contributed by atoms with E-state index in [1.165, 1.54) is 0 Å². The van der Waals surface area contributed by atoms with Gasteiger partial charge in [0.15, 0.2) is 0 Å². The molecule has 0 atom stereocenters. The summed E-state index contributed by atoms with van der Waals surface area (Å²) in [6, 6.07) is 0. The standard InChI is InChI=1S/C14H24O9/c15-13-11-21-9-7-19-5-3-17-1-2-18-4-6-20-8-10-22-12-14(16)23-13/h1-12H2. The Morgan fingerprint density at radius 3 is 1.00 bits per heavy atom. The highest BCUT2D eigenvalue weighted by Gasteiger charge is 2.10. The minimum absolute atomic E-state index is 0.222. The molecule has 0 amide bonds. The Morgan fingerprint density at radius 2 is 0.696 bits per heavy atom. The highest BCUT2D eigenvalue weighted by Crippen LogP contribution is 1.89. The van der Waals surface area contributed by atoms with E-state index in [1.54, 1.807) is 0 Å². The van der Waals surface area contributed by atoms with Crippen LogP contribution in [0.3, 0.4) is 0 Å². The number of cyclic esters (lactones) is 2. The first kappa shape index (κ1) is 19.9. The molecule has 0 aromatic carbocycles. The SMILES string of the molecule is O=C1COCCOCCOCCOCCOCCOCC(=O)O1. The molecule has 0 spiro atoms. The van der Waals surface area contributed by atoms with Gasteiger partial charge in [-0.25, -0.2) is 9.59 Å². The third-order valence-electron chi connectivity index (χ3n) is 2.53. The minimum Gasteiger partial charge on any atom is -0.390 e. The summed E-state index contributed by atoms with van der Waals surface area (Å²) < 4.78 is 35.6. The van der Waals surface area contributed by atoms with Crippen molar-refractivity contribution < 1.29 is 42.7 Å². The molecule has 134 valence electrons. The van der Waals surface area contributed by atoms with E-state index >= 15 is 0 Å². The fourth-order valence-electron chi connectivity index (χ4n) is 1.49. The third kappa shape index (κ3) is 13.1. The molecule has 0 aromatic rings. The highest BCUT2D eigenvalue weighted by molar-refractivity contribution is 5.86. The largest absolute Gasteiger partial charge is 0.390 e. The summed E-state index contributed by atoms with van der Waals surface area (Å²) in [7, 11) is 0. The highest BCUT2D eigenvalue weighted by atomic mass is 16.6. The lowest BCUT2D eigenvalue weighted by Crippen LogP contribution is -2.22. The topological polar surface area (TPSA) is 98.8 Å². The molecule has 0 bridgehead atoms. The maximum absolute atomic E-state index is 11.3. The van der Waals surface area contributed by atoms with Gasteiger partial charge in [0.25, 0.3) is 0 Å². The first-order chi connectivity index (χ1) is 11.3. The average molecular weight is 336 g/mol. The third-order valence-corrected chi connectivity index (χ3v) is 2.53. The molecule has 9 heteroatoms. The molecule has 1 heterocycles. The summed E-state index contributed by atoms with van der Waals surface area (Å²) in [4.78, 5) is 22.6. The number of carbonyl (C=O) groups excluding carboxylic acids is 2. The van der Waals surface area contributed by atoms with Crippen LogP contribution in [-0.2, 0) is 42.7 Å². The summed E-state index contributed by atoms with van der Waals surface area (Å²) in [5.74, 6) is -1.53. The van der Waals surface area contributed by atoms with Gasteiger partial charge in [0.1, 0.15) is 13.2 Å². The predicted molar refractivity (Wildman–Crippen MR) is 76.0 cm³/mol. The number of carbonyl (C=O) groups is 2. The van der Waals surface area contributed by atoms with E-state index in [0.717, 1.165) is 0 Å². The van der Waals surface area contributed by atoms with E-state index in [1.807, 2.05) is 0 Å². The maximum Gasteiger partial charge on any atom is 0.339 e. The Kier molecular flexibility index (Phi) is 12.6. The van der Waals surface area contributed by atoms with Crippen LogP contribution in [0.5, 0.6) is 0 Å². The van der Waals surface area contributed by atoms with Crippen molar-refractivity contribution in [3.05, 3.63) is 0 Å². The molecule has 1 fully saturated rings. The van der Waals surface area contributed by atoms with Crippen molar-refractivity contribution in [3.63, 3.8) is 0 Å². The lowest BCUT2D eigenvalue weighted by molar-refractivity contribution is -0.166. The Morgan fingerprint density at radius 1 is 0.435 bits per heavy atom. The van der Waals surface area contributed by atoms with E-state index < -0.39 is 11.9 Å². The van der Waals surface area contributed by atoms with Gasteiger partial charge in [-0.3, -0.25) is 0 Å². The monoisotopic (exact) mass is 336 g/mol. The van der Waals surface area contributed by atoms with E-state index in [2.05, 4.69) is 4.74 Å². The molecule has 23 heavy (non-hydrogen) atoms. The summed E-state index contributed by atoms with van der Waals surface area (Å²) in [5.41, 5.74) is 0. The summed E-state index contributed by atoms with van der Waals surface area (Å²) in [6.07, 6.45) is 0. The van der Waals surface area contributed by atoms with Crippen LogP contribution in [0.4, 0.5) is 0 Å². The number of hydrogen-bond donors (Lipinski definition) is 0. The van der Waals surface area contributed by atoms with Crippen LogP contribution in [0.2, 0.25) is 0 Å². The van der Waals surface area contributed by atoms with Gasteiger partial charge in [-0.05, 0) is 0 Å². The fraction of sp³-hybridized carbons (Fsp3) is 0.857. The lowest BCUT2D eigenvalue weighted by atomic mass is 10.6. The fourth-order valence-corrected chi connectivity index (χ4v) is 1.49. The van der Waals surface area contributed by atoms with Crippen molar-refractivity contribution in [2.75, 3.05) is 79.3 Å². The van der Waals surface area contributed by atoms with Crippen LogP contribution in [0, 0.1) is 0 Å². The van der Waals surface area contributed by atoms with Gasteiger partial charge in [-0.15, -0.1) is 0 Å². The zero-order chi connectivity index (χ0) is 16.6. The minimum atomic E-state index is -0.763. The predicted octanol–water partition coefficient (Wildman–Crippen LogP) is -0.831. The van der Waals surface area contributed by atoms with E-state index in [9.17, 15) is 9.59 Å². The maximum atomic E-state index is 11.3. The van der Waals surface area contributed by atoms with Gasteiger partial charge in [-0.2, -0.15) is 0 Å². The Hall–Kier alpha value is -1.10. The Balaban J connectivity index is 2.19. The van der Waals surface area contributed by atoms with Crippen molar-refractivity contribution in [3.8, 4) is 0 Å². The normalized spacial score (nSPS) is 22.8. The second-order valence-corrected chi connectivity index (χ2v) is 4.40. The van der Waals surface area contributed by atoms with Crippen LogP contribution in [0.15, 0.2) is 0 Å². The van der Waals surface area contributed by atoms with E-state index in [-0.39, 0.29) is 26.4 Å². The summed E-state index contributed by atoms with van der Waals surface area (Å²) >= 11 is 0. The van der Waals surface area contributed by atoms with Crippen LogP contribution >= 0.6 is 0 Å². The second kappa shape index (κ2) is 14.5. The van der Waals surface area contributed by atoms with Crippen LogP contribution in [-0.4, -0.2) is 91.2 Å². The Labute approximate surface area is 135 Å². The molecule has 1 rings (SSSR count). The van der Waals surface area contributed by atoms with E-state index in [0.29, 0.717) is 52.9 Å². The molecule has 9 nitrogen and oxygen atoms in total. The molecule has 0 aromatic heterocycles. The molecule has 1 aliphatic rings. The zero-order valence-corrected chi connectivity index (χ0v) is 13.2. The van der Waals surface area contributed by atoms with Crippen molar-refractivity contribution >= 4 is 11.9 Å². The second-order valence-electron chi connectivity index (χ2n) is 4.40. The molecule has 0 saturated carbocycles. The van der Waals surface area contributed by atoms with Gasteiger partial charge in [0.2, 0.25) is 0 Å². The molecular weight excluding hydrogens is 312 g/mol. The quantitative estimate of drug-likeness (QED) is 0.414. The molecule has 0 unspecified atom stereocenters. The first-order valence-electron chi connectivity index (χ1n) is 7.49. The van der Waals surface area contributed by atoms with Crippen molar-refractivity contribution in [1.82, 2.24) is 0 Å². The van der Waals surface area contributed by atoms with Crippen LogP contribution in [0.25, 0.3) is 0 Å². The molecule has 0 radical (unpaired) electrons. The summed E-state index contributed by atoms with van der Waals surface area (Å²) in [5, 5.41) is 0. The van der Waals surface area contributed by atoms with Crippen molar-refractivity contribution in [2.45, 2.75) is 0 Å². The van der Waals surface area contributed by atoms with Gasteiger partial charge in [0.05, 0.1) is 66.1 Å². The van der Waals surface area contributed by atoms with Crippen LogP contribution in [0.1, 0.15) is 0 Å². The molecule has 0 N–H and O–H groups in total. The van der Waals surface area contributed by atoms with Crippen LogP contribution < -0.4 is 0 Å². The van der Waals surface area contributed by atoms with Gasteiger partial charge >= 0.3 is 11.9 Å². The molecular formula is C14H24O9. The van der Waals surface area contributed by atoms with E-state index in [4.69, 9.17) is 28.4 Å². The van der Waals surface area contributed by atoms with Gasteiger partial charge < -0.3 is 33.2 Å². The number of ether oxygens (including phenoxy) is 7. The van der Waals surface area contributed by atoms with Gasteiger partial charge in [0, 0.05) is 0 Å².